The van der Waals surface area contributed by atoms with Crippen molar-refractivity contribution in [3.8, 4) is 11.5 Å². The van der Waals surface area contributed by atoms with E-state index in [-0.39, 0.29) is 41.2 Å². The lowest BCUT2D eigenvalue weighted by Crippen LogP contribution is -2.44. The van der Waals surface area contributed by atoms with Gasteiger partial charge in [-0.1, -0.05) is 51.3 Å². The number of ether oxygens (including phenoxy) is 3. The number of carbonyl (C=O) groups excluding carboxylic acids is 1. The lowest BCUT2D eigenvalue weighted by atomic mass is 10.1. The van der Waals surface area contributed by atoms with Crippen molar-refractivity contribution in [1.29, 1.82) is 0 Å². The zero-order valence-corrected chi connectivity index (χ0v) is 24.5. The van der Waals surface area contributed by atoms with E-state index in [1.54, 1.807) is 39.0 Å². The van der Waals surface area contributed by atoms with Crippen LogP contribution in [-0.4, -0.2) is 28.8 Å². The third-order valence-electron chi connectivity index (χ3n) is 5.19. The molecule has 7 nitrogen and oxygen atoms in total. The first-order valence-electron chi connectivity index (χ1n) is 11.8. The molecule has 0 saturated heterocycles. The van der Waals surface area contributed by atoms with E-state index in [0.29, 0.717) is 16.9 Å². The number of alkyl carbamates (subject to hydrolysis) is 1. The number of aliphatic carboxylic acids is 1. The summed E-state index contributed by atoms with van der Waals surface area (Å²) >= 11 is 16.3. The quantitative estimate of drug-likeness (QED) is 0.237. The molecule has 0 saturated carbocycles. The molecule has 0 aliphatic rings. The molecule has 1 atom stereocenters. The van der Waals surface area contributed by atoms with Crippen LogP contribution in [-0.2, 0) is 29.2 Å². The average molecular weight is 643 g/mol. The Morgan fingerprint density at radius 3 is 2.21 bits per heavy atom. The van der Waals surface area contributed by atoms with E-state index >= 15 is 0 Å². The number of hydrogen-bond donors (Lipinski definition) is 2. The normalized spacial score (nSPS) is 12.0. The second-order valence-corrected chi connectivity index (χ2v) is 11.3. The van der Waals surface area contributed by atoms with Crippen LogP contribution >= 0.6 is 39.1 Å². The van der Waals surface area contributed by atoms with Crippen molar-refractivity contribution < 1.29 is 33.3 Å². The largest absolute Gasteiger partial charge is 0.488 e. The van der Waals surface area contributed by atoms with Crippen LogP contribution < -0.4 is 14.8 Å². The van der Waals surface area contributed by atoms with Gasteiger partial charge in [0.25, 0.3) is 0 Å². The van der Waals surface area contributed by atoms with Gasteiger partial charge >= 0.3 is 12.1 Å². The number of halogens is 4. The van der Waals surface area contributed by atoms with Gasteiger partial charge in [0, 0.05) is 16.5 Å². The van der Waals surface area contributed by atoms with Gasteiger partial charge < -0.3 is 24.6 Å². The number of nitrogens with one attached hydrogen (secondary N) is 1. The second kappa shape index (κ2) is 13.4. The summed E-state index contributed by atoms with van der Waals surface area (Å²) < 4.78 is 31.0. The molecular formula is C28H27BrCl2FNO6. The molecule has 0 aliphatic heterocycles. The van der Waals surface area contributed by atoms with Crippen LogP contribution in [0.2, 0.25) is 10.0 Å². The minimum Gasteiger partial charge on any atom is -0.488 e. The Morgan fingerprint density at radius 1 is 0.974 bits per heavy atom. The molecule has 208 valence electrons. The third-order valence-corrected chi connectivity index (χ3v) is 6.24. The molecule has 39 heavy (non-hydrogen) atoms. The van der Waals surface area contributed by atoms with Gasteiger partial charge in [-0.2, -0.15) is 0 Å². The van der Waals surface area contributed by atoms with Gasteiger partial charge in [-0.25, -0.2) is 14.0 Å². The molecule has 0 fully saturated rings. The Balaban J connectivity index is 1.70. The van der Waals surface area contributed by atoms with Crippen molar-refractivity contribution in [2.45, 2.75) is 52.0 Å². The number of benzene rings is 3. The molecule has 0 aliphatic carbocycles. The predicted molar refractivity (Wildman–Crippen MR) is 150 cm³/mol. The lowest BCUT2D eigenvalue weighted by Gasteiger charge is -2.22. The molecule has 0 bridgehead atoms. The van der Waals surface area contributed by atoms with Crippen molar-refractivity contribution in [2.24, 2.45) is 0 Å². The molecule has 0 spiro atoms. The number of amides is 1. The third kappa shape index (κ3) is 9.60. The van der Waals surface area contributed by atoms with Crippen molar-refractivity contribution in [1.82, 2.24) is 5.32 Å². The van der Waals surface area contributed by atoms with Gasteiger partial charge in [-0.05, 0) is 74.4 Å². The summed E-state index contributed by atoms with van der Waals surface area (Å²) in [6, 6.07) is 13.2. The topological polar surface area (TPSA) is 94.1 Å². The van der Waals surface area contributed by atoms with Crippen LogP contribution in [0.4, 0.5) is 9.18 Å². The highest BCUT2D eigenvalue weighted by atomic mass is 79.9. The van der Waals surface area contributed by atoms with E-state index in [1.165, 1.54) is 24.3 Å². The molecule has 3 rings (SSSR count). The molecule has 1 amide bonds. The summed E-state index contributed by atoms with van der Waals surface area (Å²) in [5, 5.41) is 12.3. The fourth-order valence-electron chi connectivity index (χ4n) is 3.45. The standard InChI is InChI=1S/C28H27BrCl2FNO6/c1-28(2,3)39-27(36)33-23(26(34)35)12-17-10-21(30)25(22(31)11-17)38-15-18-13-19(29)6-9-24(18)37-14-16-4-7-20(32)8-5-16/h4-11,13,23H,12,14-15H2,1-3H3,(H,33,36)(H,34,35). The monoisotopic (exact) mass is 641 g/mol. The zero-order chi connectivity index (χ0) is 28.7. The predicted octanol–water partition coefficient (Wildman–Crippen LogP) is 7.57. The minimum atomic E-state index is -1.26. The second-order valence-electron chi connectivity index (χ2n) is 9.59. The van der Waals surface area contributed by atoms with Crippen LogP contribution in [0.5, 0.6) is 11.5 Å². The van der Waals surface area contributed by atoms with Gasteiger partial charge in [0.1, 0.15) is 36.4 Å². The minimum absolute atomic E-state index is 0.0644. The van der Waals surface area contributed by atoms with Crippen molar-refractivity contribution in [2.75, 3.05) is 0 Å². The molecule has 0 heterocycles. The Bertz CT molecular complexity index is 1310. The fourth-order valence-corrected chi connectivity index (χ4v) is 4.50. The molecule has 11 heteroatoms. The summed E-state index contributed by atoms with van der Waals surface area (Å²) in [5.74, 6) is -0.798. The number of carboxylic acid groups (broad SMARTS) is 1. The molecule has 0 radical (unpaired) electrons. The zero-order valence-electron chi connectivity index (χ0n) is 21.4. The van der Waals surface area contributed by atoms with Gasteiger partial charge in [0.15, 0.2) is 5.75 Å². The summed E-state index contributed by atoms with van der Waals surface area (Å²) in [6.07, 6.45) is -0.931. The first-order valence-corrected chi connectivity index (χ1v) is 13.3. The van der Waals surface area contributed by atoms with E-state index in [0.717, 1.165) is 10.0 Å². The maximum absolute atomic E-state index is 13.2. The summed E-state index contributed by atoms with van der Waals surface area (Å²) in [4.78, 5) is 23.8. The van der Waals surface area contributed by atoms with E-state index < -0.39 is 23.7 Å². The van der Waals surface area contributed by atoms with Crippen LogP contribution in [0.3, 0.4) is 0 Å². The summed E-state index contributed by atoms with van der Waals surface area (Å²) in [7, 11) is 0. The summed E-state index contributed by atoms with van der Waals surface area (Å²) in [5.41, 5.74) is 1.20. The highest BCUT2D eigenvalue weighted by Crippen LogP contribution is 2.36. The number of carbonyl (C=O) groups is 2. The highest BCUT2D eigenvalue weighted by molar-refractivity contribution is 9.10. The number of carboxylic acids is 1. The molecule has 1 unspecified atom stereocenters. The van der Waals surface area contributed by atoms with E-state index in [4.69, 9.17) is 37.4 Å². The Labute approximate surface area is 244 Å². The fraction of sp³-hybridized carbons (Fsp3) is 0.286. The van der Waals surface area contributed by atoms with Crippen LogP contribution in [0.1, 0.15) is 37.5 Å². The molecular weight excluding hydrogens is 616 g/mol. The maximum Gasteiger partial charge on any atom is 0.408 e. The molecule has 0 aromatic heterocycles. The number of hydrogen-bond acceptors (Lipinski definition) is 5. The summed E-state index contributed by atoms with van der Waals surface area (Å²) in [6.45, 7) is 5.32. The van der Waals surface area contributed by atoms with Gasteiger partial charge in [-0.15, -0.1) is 0 Å². The Kier molecular flexibility index (Phi) is 10.5. The van der Waals surface area contributed by atoms with Crippen LogP contribution in [0.25, 0.3) is 0 Å². The smallest absolute Gasteiger partial charge is 0.408 e. The number of rotatable bonds is 10. The van der Waals surface area contributed by atoms with Gasteiger partial charge in [-0.3, -0.25) is 0 Å². The lowest BCUT2D eigenvalue weighted by molar-refractivity contribution is -0.139. The first kappa shape index (κ1) is 30.5. The van der Waals surface area contributed by atoms with E-state index in [1.807, 2.05) is 12.1 Å². The Hall–Kier alpha value is -3.01. The van der Waals surface area contributed by atoms with E-state index in [2.05, 4.69) is 21.2 Å². The van der Waals surface area contributed by atoms with E-state index in [9.17, 15) is 19.1 Å². The van der Waals surface area contributed by atoms with Crippen molar-refractivity contribution in [3.63, 3.8) is 0 Å². The molecule has 2 N–H and O–H groups in total. The van der Waals surface area contributed by atoms with Crippen LogP contribution in [0.15, 0.2) is 59.1 Å². The van der Waals surface area contributed by atoms with Gasteiger partial charge in [0.2, 0.25) is 0 Å². The maximum atomic E-state index is 13.2. The van der Waals surface area contributed by atoms with Crippen LogP contribution in [0, 0.1) is 5.82 Å². The van der Waals surface area contributed by atoms with Crippen molar-refractivity contribution in [3.05, 3.63) is 91.6 Å². The highest BCUT2D eigenvalue weighted by Gasteiger charge is 2.25. The molecule has 3 aromatic carbocycles. The first-order chi connectivity index (χ1) is 18.3. The SMILES string of the molecule is CC(C)(C)OC(=O)NC(Cc1cc(Cl)c(OCc2cc(Br)ccc2OCc2ccc(F)cc2)c(Cl)c1)C(=O)O. The van der Waals surface area contributed by atoms with Crippen molar-refractivity contribution >= 4 is 51.2 Å². The Morgan fingerprint density at radius 2 is 1.62 bits per heavy atom. The van der Waals surface area contributed by atoms with Gasteiger partial charge in [0.05, 0.1) is 10.0 Å². The molecule has 3 aromatic rings. The average Bonchev–Trinajstić information content (AvgIpc) is 2.82.